The first-order valence-electron chi connectivity index (χ1n) is 10.3. The molecule has 0 aliphatic carbocycles. The Morgan fingerprint density at radius 3 is 2.48 bits per heavy atom. The van der Waals surface area contributed by atoms with Crippen molar-refractivity contribution >= 4 is 27.6 Å². The first kappa shape index (κ1) is 21.5. The third kappa shape index (κ3) is 3.74. The summed E-state index contributed by atoms with van der Waals surface area (Å²) in [6.07, 6.45) is 2.13. The summed E-state index contributed by atoms with van der Waals surface area (Å²) in [6.45, 7) is 4.17. The fourth-order valence-electron chi connectivity index (χ4n) is 4.59. The van der Waals surface area contributed by atoms with E-state index in [9.17, 15) is 23.1 Å². The van der Waals surface area contributed by atoms with Crippen molar-refractivity contribution in [1.82, 2.24) is 9.46 Å². The molecule has 0 saturated carbocycles. The number of hydrogen-bond donors (Lipinski definition) is 1. The van der Waals surface area contributed by atoms with Gasteiger partial charge in [-0.05, 0) is 57.2 Å². The zero-order valence-corrected chi connectivity index (χ0v) is 18.3. The first-order valence-corrected chi connectivity index (χ1v) is 11.8. The van der Waals surface area contributed by atoms with Crippen LogP contribution in [0.3, 0.4) is 0 Å². The minimum absolute atomic E-state index is 0.0714. The molecule has 1 amide bonds. The molecule has 1 aromatic carbocycles. The number of aryl methyl sites for hydroxylation is 2. The molecule has 1 saturated heterocycles. The van der Waals surface area contributed by atoms with Gasteiger partial charge in [0, 0.05) is 31.2 Å². The molecule has 9 nitrogen and oxygen atoms in total. The standard InChI is InChI=1S/C21H25N3O6S/c1-13-19(14(2)30-22-13)31(28,29)23-11-8-15(9-12-23)20(25)24-10-4-6-16-17(21(26)27)5-3-7-18(16)24/h3,5,7,15H,4,6,8-12H2,1-2H3,(H,26,27). The molecule has 166 valence electrons. The molecule has 1 fully saturated rings. The third-order valence-corrected chi connectivity index (χ3v) is 8.26. The van der Waals surface area contributed by atoms with Gasteiger partial charge in [0.25, 0.3) is 0 Å². The largest absolute Gasteiger partial charge is 0.478 e. The van der Waals surface area contributed by atoms with Gasteiger partial charge in [-0.1, -0.05) is 11.2 Å². The van der Waals surface area contributed by atoms with Gasteiger partial charge in [0.1, 0.15) is 10.6 Å². The van der Waals surface area contributed by atoms with Crippen molar-refractivity contribution < 1.29 is 27.6 Å². The minimum atomic E-state index is -3.73. The number of hydrogen-bond acceptors (Lipinski definition) is 6. The molecule has 31 heavy (non-hydrogen) atoms. The summed E-state index contributed by atoms with van der Waals surface area (Å²) in [5.74, 6) is -1.12. The summed E-state index contributed by atoms with van der Waals surface area (Å²) in [4.78, 5) is 26.6. The Labute approximate surface area is 180 Å². The van der Waals surface area contributed by atoms with Gasteiger partial charge in [0.2, 0.25) is 15.9 Å². The fraction of sp³-hybridized carbons (Fsp3) is 0.476. The molecular weight excluding hydrogens is 422 g/mol. The van der Waals surface area contributed by atoms with Gasteiger partial charge in [0.15, 0.2) is 5.76 Å². The van der Waals surface area contributed by atoms with Gasteiger partial charge in [0.05, 0.1) is 5.56 Å². The van der Waals surface area contributed by atoms with Crippen LogP contribution >= 0.6 is 0 Å². The summed E-state index contributed by atoms with van der Waals surface area (Å²) in [7, 11) is -3.73. The Kier molecular flexibility index (Phi) is 5.61. The molecule has 10 heteroatoms. The zero-order chi connectivity index (χ0) is 22.3. The van der Waals surface area contributed by atoms with E-state index < -0.39 is 16.0 Å². The van der Waals surface area contributed by atoms with Crippen LogP contribution in [0.25, 0.3) is 0 Å². The Hall–Kier alpha value is -2.72. The lowest BCUT2D eigenvalue weighted by molar-refractivity contribution is -0.123. The highest BCUT2D eigenvalue weighted by molar-refractivity contribution is 7.89. The first-order chi connectivity index (χ1) is 14.7. The van der Waals surface area contributed by atoms with Gasteiger partial charge in [-0.3, -0.25) is 4.79 Å². The van der Waals surface area contributed by atoms with E-state index in [0.29, 0.717) is 49.2 Å². The molecule has 2 aliphatic heterocycles. The lowest BCUT2D eigenvalue weighted by Crippen LogP contribution is -2.46. The number of carboxylic acid groups (broad SMARTS) is 1. The highest BCUT2D eigenvalue weighted by Gasteiger charge is 2.37. The number of carbonyl (C=O) groups excluding carboxylic acids is 1. The maximum absolute atomic E-state index is 13.3. The summed E-state index contributed by atoms with van der Waals surface area (Å²) in [5.41, 5.74) is 1.90. The van der Waals surface area contributed by atoms with Crippen LogP contribution in [0.4, 0.5) is 5.69 Å². The monoisotopic (exact) mass is 447 g/mol. The lowest BCUT2D eigenvalue weighted by atomic mass is 9.92. The SMILES string of the molecule is Cc1noc(C)c1S(=O)(=O)N1CCC(C(=O)N2CCCc3c(C(=O)O)cccc32)CC1. The van der Waals surface area contributed by atoms with E-state index in [4.69, 9.17) is 4.52 Å². The van der Waals surface area contributed by atoms with Crippen LogP contribution in [0.2, 0.25) is 0 Å². The molecule has 2 aliphatic rings. The van der Waals surface area contributed by atoms with Crippen molar-refractivity contribution in [3.05, 3.63) is 40.8 Å². The van der Waals surface area contributed by atoms with E-state index in [-0.39, 0.29) is 41.1 Å². The van der Waals surface area contributed by atoms with Crippen LogP contribution < -0.4 is 4.90 Å². The van der Waals surface area contributed by atoms with Gasteiger partial charge in [-0.25, -0.2) is 13.2 Å². The second-order valence-electron chi connectivity index (χ2n) is 8.03. The average Bonchev–Trinajstić information content (AvgIpc) is 3.11. The minimum Gasteiger partial charge on any atom is -0.478 e. The molecule has 0 radical (unpaired) electrons. The molecule has 3 heterocycles. The molecule has 0 unspecified atom stereocenters. The molecule has 0 atom stereocenters. The predicted molar refractivity (Wildman–Crippen MR) is 112 cm³/mol. The topological polar surface area (TPSA) is 121 Å². The Bertz CT molecular complexity index is 1110. The number of piperidine rings is 1. The van der Waals surface area contributed by atoms with Crippen LogP contribution in [0.15, 0.2) is 27.6 Å². The van der Waals surface area contributed by atoms with E-state index in [1.807, 2.05) is 0 Å². The maximum atomic E-state index is 13.3. The number of carbonyl (C=O) groups is 2. The molecule has 1 aromatic heterocycles. The number of carboxylic acids is 1. The van der Waals surface area contributed by atoms with E-state index in [1.54, 1.807) is 36.9 Å². The summed E-state index contributed by atoms with van der Waals surface area (Å²) in [6, 6.07) is 5.01. The van der Waals surface area contributed by atoms with E-state index in [1.165, 1.54) is 4.31 Å². The van der Waals surface area contributed by atoms with Crippen LogP contribution in [0.5, 0.6) is 0 Å². The second kappa shape index (κ2) is 8.08. The number of aromatic nitrogens is 1. The molecule has 4 rings (SSSR count). The molecular formula is C21H25N3O6S. The van der Waals surface area contributed by atoms with E-state index in [2.05, 4.69) is 5.16 Å². The molecule has 0 bridgehead atoms. The van der Waals surface area contributed by atoms with Gasteiger partial charge in [-0.2, -0.15) is 4.31 Å². The Balaban J connectivity index is 1.50. The number of fused-ring (bicyclic) bond motifs is 1. The highest BCUT2D eigenvalue weighted by Crippen LogP contribution is 2.34. The molecule has 2 aromatic rings. The van der Waals surface area contributed by atoms with Crippen molar-refractivity contribution in [2.45, 2.75) is 44.4 Å². The average molecular weight is 448 g/mol. The number of sulfonamides is 1. The normalized spacial score (nSPS) is 18.1. The zero-order valence-electron chi connectivity index (χ0n) is 17.5. The second-order valence-corrected chi connectivity index (χ2v) is 9.91. The predicted octanol–water partition coefficient (Wildman–Crippen LogP) is 2.37. The summed E-state index contributed by atoms with van der Waals surface area (Å²) >= 11 is 0. The third-order valence-electron chi connectivity index (χ3n) is 6.12. The van der Waals surface area contributed by atoms with Crippen LogP contribution in [-0.4, -0.2) is 54.5 Å². The van der Waals surface area contributed by atoms with Crippen molar-refractivity contribution in [1.29, 1.82) is 0 Å². The van der Waals surface area contributed by atoms with Crippen LogP contribution in [-0.2, 0) is 21.2 Å². The molecule has 1 N–H and O–H groups in total. The number of rotatable bonds is 4. The number of anilines is 1. The van der Waals surface area contributed by atoms with E-state index in [0.717, 1.165) is 0 Å². The highest BCUT2D eigenvalue weighted by atomic mass is 32.2. The van der Waals surface area contributed by atoms with Gasteiger partial charge < -0.3 is 14.5 Å². The van der Waals surface area contributed by atoms with Crippen LogP contribution in [0.1, 0.15) is 46.6 Å². The van der Waals surface area contributed by atoms with Crippen LogP contribution in [0, 0.1) is 19.8 Å². The van der Waals surface area contributed by atoms with E-state index >= 15 is 0 Å². The number of amides is 1. The quantitative estimate of drug-likeness (QED) is 0.764. The van der Waals surface area contributed by atoms with Crippen molar-refractivity contribution in [3.63, 3.8) is 0 Å². The number of benzene rings is 1. The fourth-order valence-corrected chi connectivity index (χ4v) is 6.35. The maximum Gasteiger partial charge on any atom is 0.336 e. The Morgan fingerprint density at radius 2 is 1.87 bits per heavy atom. The Morgan fingerprint density at radius 1 is 1.16 bits per heavy atom. The summed E-state index contributed by atoms with van der Waals surface area (Å²) in [5, 5.41) is 13.2. The van der Waals surface area contributed by atoms with Crippen molar-refractivity contribution in [2.24, 2.45) is 5.92 Å². The van der Waals surface area contributed by atoms with Gasteiger partial charge >= 0.3 is 5.97 Å². The molecule has 0 spiro atoms. The summed E-state index contributed by atoms with van der Waals surface area (Å²) < 4.78 is 32.4. The van der Waals surface area contributed by atoms with Crippen molar-refractivity contribution in [2.75, 3.05) is 24.5 Å². The lowest BCUT2D eigenvalue weighted by Gasteiger charge is -2.36. The smallest absolute Gasteiger partial charge is 0.336 e. The number of nitrogens with zero attached hydrogens (tertiary/aromatic N) is 3. The van der Waals surface area contributed by atoms with Crippen molar-refractivity contribution in [3.8, 4) is 0 Å². The van der Waals surface area contributed by atoms with Gasteiger partial charge in [-0.15, -0.1) is 0 Å². The number of aromatic carboxylic acids is 1.